The van der Waals surface area contributed by atoms with Crippen LogP contribution in [0, 0.1) is 0 Å². The maximum atomic E-state index is 10.6. The number of unbranched alkanes of at least 4 members (excludes halogenated alkanes) is 10. The predicted molar refractivity (Wildman–Crippen MR) is 95.2 cm³/mol. The molecule has 0 fully saturated rings. The van der Waals surface area contributed by atoms with E-state index in [9.17, 15) is 4.79 Å². The SMILES string of the molecule is CCCC/C=C\CCCCCCCCCCC(Br)C(=O)O. The molecule has 0 saturated carbocycles. The van der Waals surface area contributed by atoms with E-state index < -0.39 is 5.97 Å². The second-order valence-electron chi connectivity index (χ2n) is 5.83. The van der Waals surface area contributed by atoms with Crippen molar-refractivity contribution in [3.8, 4) is 0 Å². The van der Waals surface area contributed by atoms with Crippen molar-refractivity contribution in [1.29, 1.82) is 0 Å². The first-order valence-corrected chi connectivity index (χ1v) is 9.62. The van der Waals surface area contributed by atoms with Gasteiger partial charge in [-0.05, 0) is 25.7 Å². The molecule has 0 spiro atoms. The third-order valence-electron chi connectivity index (χ3n) is 3.74. The highest BCUT2D eigenvalue weighted by molar-refractivity contribution is 9.10. The van der Waals surface area contributed by atoms with E-state index in [1.54, 1.807) is 0 Å². The lowest BCUT2D eigenvalue weighted by atomic mass is 10.1. The van der Waals surface area contributed by atoms with Crippen molar-refractivity contribution in [3.05, 3.63) is 12.2 Å². The lowest BCUT2D eigenvalue weighted by Gasteiger charge is -2.04. The first-order chi connectivity index (χ1) is 10.2. The first-order valence-electron chi connectivity index (χ1n) is 8.70. The Hall–Kier alpha value is -0.310. The molecule has 0 aromatic rings. The molecule has 0 aliphatic rings. The number of halogens is 1. The van der Waals surface area contributed by atoms with Crippen LogP contribution >= 0.6 is 15.9 Å². The molecular weight excluding hydrogens is 328 g/mol. The van der Waals surface area contributed by atoms with E-state index in [4.69, 9.17) is 5.11 Å². The minimum absolute atomic E-state index is 0.358. The zero-order valence-corrected chi connectivity index (χ0v) is 15.2. The highest BCUT2D eigenvalue weighted by atomic mass is 79.9. The molecule has 0 aliphatic carbocycles. The average Bonchev–Trinajstić information content (AvgIpc) is 2.47. The molecule has 0 bridgehead atoms. The van der Waals surface area contributed by atoms with Crippen molar-refractivity contribution in [1.82, 2.24) is 0 Å². The summed E-state index contributed by atoms with van der Waals surface area (Å²) in [5, 5.41) is 8.73. The van der Waals surface area contributed by atoms with Crippen LogP contribution in [0.2, 0.25) is 0 Å². The van der Waals surface area contributed by atoms with Crippen molar-refractivity contribution < 1.29 is 9.90 Å². The number of carboxylic acid groups (broad SMARTS) is 1. The summed E-state index contributed by atoms with van der Waals surface area (Å²) >= 11 is 3.17. The summed E-state index contributed by atoms with van der Waals surface area (Å²) in [4.78, 5) is 10.3. The topological polar surface area (TPSA) is 37.3 Å². The second kappa shape index (κ2) is 16.1. The molecule has 0 saturated heterocycles. The van der Waals surface area contributed by atoms with Crippen LogP contribution < -0.4 is 0 Å². The number of hydrogen-bond donors (Lipinski definition) is 1. The Morgan fingerprint density at radius 3 is 1.90 bits per heavy atom. The maximum Gasteiger partial charge on any atom is 0.317 e. The minimum atomic E-state index is -0.737. The van der Waals surface area contributed by atoms with Crippen LogP contribution in [0.5, 0.6) is 0 Å². The lowest BCUT2D eigenvalue weighted by Crippen LogP contribution is -2.11. The molecule has 0 aromatic heterocycles. The third kappa shape index (κ3) is 15.9. The van der Waals surface area contributed by atoms with Gasteiger partial charge in [0.2, 0.25) is 0 Å². The van der Waals surface area contributed by atoms with Gasteiger partial charge in [0.05, 0.1) is 0 Å². The molecule has 0 rings (SSSR count). The van der Waals surface area contributed by atoms with Crippen molar-refractivity contribution in [2.45, 2.75) is 95.2 Å². The quantitative estimate of drug-likeness (QED) is 0.206. The van der Waals surface area contributed by atoms with Crippen molar-refractivity contribution in [2.75, 3.05) is 0 Å². The number of alkyl halides is 1. The van der Waals surface area contributed by atoms with Gasteiger partial charge in [0.15, 0.2) is 0 Å². The van der Waals surface area contributed by atoms with Gasteiger partial charge >= 0.3 is 5.97 Å². The van der Waals surface area contributed by atoms with Gasteiger partial charge in [-0.2, -0.15) is 0 Å². The summed E-state index contributed by atoms with van der Waals surface area (Å²) in [6.07, 6.45) is 20.6. The molecule has 0 aliphatic heterocycles. The van der Waals surface area contributed by atoms with E-state index in [0.717, 1.165) is 19.3 Å². The van der Waals surface area contributed by atoms with Crippen LogP contribution in [0.15, 0.2) is 12.2 Å². The number of carbonyl (C=O) groups is 1. The molecule has 1 unspecified atom stereocenters. The molecule has 0 radical (unpaired) electrons. The smallest absolute Gasteiger partial charge is 0.317 e. The molecule has 0 aromatic carbocycles. The highest BCUT2D eigenvalue weighted by Crippen LogP contribution is 2.14. The predicted octanol–water partition coefficient (Wildman–Crippen LogP) is 6.48. The monoisotopic (exact) mass is 360 g/mol. The Balaban J connectivity index is 3.12. The molecule has 1 atom stereocenters. The standard InChI is InChI=1S/C18H33BrO2/c1-2-3-4-5-6-7-8-9-10-11-12-13-14-15-16-17(19)18(20)21/h5-6,17H,2-4,7-16H2,1H3,(H,20,21)/b6-5-. The molecule has 0 heterocycles. The molecule has 0 amide bonds. The summed E-state index contributed by atoms with van der Waals surface area (Å²) in [6.45, 7) is 2.23. The Morgan fingerprint density at radius 1 is 0.905 bits per heavy atom. The number of aliphatic carboxylic acids is 1. The Kier molecular flexibility index (Phi) is 15.8. The Labute approximate surface area is 139 Å². The summed E-state index contributed by atoms with van der Waals surface area (Å²) in [5.74, 6) is -0.737. The average molecular weight is 361 g/mol. The van der Waals surface area contributed by atoms with Gasteiger partial charge in [0.1, 0.15) is 4.83 Å². The molecule has 1 N–H and O–H groups in total. The zero-order valence-electron chi connectivity index (χ0n) is 13.7. The van der Waals surface area contributed by atoms with Crippen LogP contribution in [-0.2, 0) is 4.79 Å². The molecule has 2 nitrogen and oxygen atoms in total. The van der Waals surface area contributed by atoms with E-state index in [1.807, 2.05) is 0 Å². The second-order valence-corrected chi connectivity index (χ2v) is 6.93. The van der Waals surface area contributed by atoms with Crippen LogP contribution in [0.3, 0.4) is 0 Å². The Bertz CT molecular complexity index is 264. The fraction of sp³-hybridized carbons (Fsp3) is 0.833. The zero-order chi connectivity index (χ0) is 15.8. The number of hydrogen-bond acceptors (Lipinski definition) is 1. The summed E-state index contributed by atoms with van der Waals surface area (Å²) in [7, 11) is 0. The number of rotatable bonds is 15. The summed E-state index contributed by atoms with van der Waals surface area (Å²) in [5.41, 5.74) is 0. The van der Waals surface area contributed by atoms with Crippen LogP contribution in [0.4, 0.5) is 0 Å². The molecule has 3 heteroatoms. The van der Waals surface area contributed by atoms with E-state index in [0.29, 0.717) is 0 Å². The summed E-state index contributed by atoms with van der Waals surface area (Å²) < 4.78 is 0. The number of allylic oxidation sites excluding steroid dienone is 2. The normalized spacial score (nSPS) is 12.9. The fourth-order valence-corrected chi connectivity index (χ4v) is 2.65. The lowest BCUT2D eigenvalue weighted by molar-refractivity contribution is -0.136. The van der Waals surface area contributed by atoms with Crippen LogP contribution in [0.25, 0.3) is 0 Å². The first kappa shape index (κ1) is 20.7. The molecule has 21 heavy (non-hydrogen) atoms. The van der Waals surface area contributed by atoms with Crippen LogP contribution in [-0.4, -0.2) is 15.9 Å². The third-order valence-corrected chi connectivity index (χ3v) is 4.59. The van der Waals surface area contributed by atoms with Gasteiger partial charge in [0, 0.05) is 0 Å². The van der Waals surface area contributed by atoms with Crippen molar-refractivity contribution >= 4 is 21.9 Å². The van der Waals surface area contributed by atoms with Gasteiger partial charge < -0.3 is 5.11 Å². The van der Waals surface area contributed by atoms with E-state index in [1.165, 1.54) is 64.2 Å². The Morgan fingerprint density at radius 2 is 1.38 bits per heavy atom. The van der Waals surface area contributed by atoms with Gasteiger partial charge in [0.25, 0.3) is 0 Å². The van der Waals surface area contributed by atoms with Crippen molar-refractivity contribution in [3.63, 3.8) is 0 Å². The minimum Gasteiger partial charge on any atom is -0.480 e. The maximum absolute atomic E-state index is 10.6. The largest absolute Gasteiger partial charge is 0.480 e. The van der Waals surface area contributed by atoms with E-state index in [-0.39, 0.29) is 4.83 Å². The van der Waals surface area contributed by atoms with Gasteiger partial charge in [-0.1, -0.05) is 92.8 Å². The van der Waals surface area contributed by atoms with Crippen molar-refractivity contribution in [2.24, 2.45) is 0 Å². The molecular formula is C18H33BrO2. The van der Waals surface area contributed by atoms with Crippen LogP contribution in [0.1, 0.15) is 90.4 Å². The fourth-order valence-electron chi connectivity index (χ4n) is 2.33. The van der Waals surface area contributed by atoms with E-state index in [2.05, 4.69) is 35.0 Å². The summed E-state index contributed by atoms with van der Waals surface area (Å²) in [6, 6.07) is 0. The van der Waals surface area contributed by atoms with E-state index >= 15 is 0 Å². The van der Waals surface area contributed by atoms with Gasteiger partial charge in [-0.25, -0.2) is 0 Å². The van der Waals surface area contributed by atoms with Gasteiger partial charge in [-0.15, -0.1) is 0 Å². The number of carboxylic acids is 1. The molecule has 124 valence electrons. The highest BCUT2D eigenvalue weighted by Gasteiger charge is 2.11. The van der Waals surface area contributed by atoms with Gasteiger partial charge in [-0.3, -0.25) is 4.79 Å².